The maximum Gasteiger partial charge on any atom is 0.241 e. The van der Waals surface area contributed by atoms with Crippen molar-refractivity contribution in [2.75, 3.05) is 25.0 Å². The minimum absolute atomic E-state index is 0.0552. The lowest BCUT2D eigenvalue weighted by Gasteiger charge is -2.26. The van der Waals surface area contributed by atoms with Gasteiger partial charge in [-0.05, 0) is 54.0 Å². The zero-order valence-corrected chi connectivity index (χ0v) is 13.2. The highest BCUT2D eigenvalue weighted by Crippen LogP contribution is 2.23. The number of carbonyl (C=O) groups is 1. The van der Waals surface area contributed by atoms with E-state index in [1.165, 1.54) is 0 Å². The third kappa shape index (κ3) is 4.60. The molecule has 0 bridgehead atoms. The van der Waals surface area contributed by atoms with Crippen LogP contribution in [0, 0.1) is 6.92 Å². The summed E-state index contributed by atoms with van der Waals surface area (Å²) in [6.07, 6.45) is 0. The minimum atomic E-state index is -0.273. The first-order chi connectivity index (χ1) is 8.99. The lowest BCUT2D eigenvalue weighted by atomic mass is 10.2. The molecular formula is C14H21BrN2O2. The van der Waals surface area contributed by atoms with Gasteiger partial charge in [0, 0.05) is 11.0 Å². The molecule has 0 aliphatic rings. The quantitative estimate of drug-likeness (QED) is 0.843. The Morgan fingerprint density at radius 3 is 2.74 bits per heavy atom. The molecule has 0 aliphatic heterocycles. The monoisotopic (exact) mass is 328 g/mol. The molecule has 0 aromatic heterocycles. The molecule has 1 amide bonds. The van der Waals surface area contributed by atoms with E-state index in [4.69, 9.17) is 5.11 Å². The number of amides is 1. The van der Waals surface area contributed by atoms with Gasteiger partial charge in [0.2, 0.25) is 5.91 Å². The van der Waals surface area contributed by atoms with Crippen LogP contribution in [0.3, 0.4) is 0 Å². The largest absolute Gasteiger partial charge is 0.395 e. The van der Waals surface area contributed by atoms with Gasteiger partial charge in [-0.25, -0.2) is 0 Å². The van der Waals surface area contributed by atoms with Gasteiger partial charge in [0.05, 0.1) is 18.3 Å². The number of benzene rings is 1. The zero-order valence-electron chi connectivity index (χ0n) is 11.6. The van der Waals surface area contributed by atoms with Gasteiger partial charge in [0.15, 0.2) is 0 Å². The van der Waals surface area contributed by atoms with Crippen LogP contribution in [-0.2, 0) is 4.79 Å². The first kappa shape index (κ1) is 16.1. The van der Waals surface area contributed by atoms with E-state index in [0.29, 0.717) is 6.54 Å². The number of likely N-dealkylation sites (N-methyl/N-ethyl adjacent to an activating group) is 1. The molecule has 1 rings (SSSR count). The summed E-state index contributed by atoms with van der Waals surface area (Å²) < 4.78 is 0.873. The number of hydrogen-bond acceptors (Lipinski definition) is 3. The molecule has 106 valence electrons. The Labute approximate surface area is 122 Å². The molecule has 1 aromatic rings. The van der Waals surface area contributed by atoms with Crippen molar-refractivity contribution >= 4 is 27.5 Å². The van der Waals surface area contributed by atoms with E-state index >= 15 is 0 Å². The van der Waals surface area contributed by atoms with Crippen LogP contribution in [0.5, 0.6) is 0 Å². The molecule has 4 nitrogen and oxygen atoms in total. The summed E-state index contributed by atoms with van der Waals surface area (Å²) in [5.41, 5.74) is 1.90. The molecule has 1 unspecified atom stereocenters. The van der Waals surface area contributed by atoms with E-state index in [2.05, 4.69) is 21.2 Å². The average Bonchev–Trinajstić information content (AvgIpc) is 2.38. The fourth-order valence-corrected chi connectivity index (χ4v) is 2.47. The van der Waals surface area contributed by atoms with Gasteiger partial charge >= 0.3 is 0 Å². The molecule has 1 aromatic carbocycles. The molecule has 1 atom stereocenters. The summed E-state index contributed by atoms with van der Waals surface area (Å²) in [5.74, 6) is -0.0696. The van der Waals surface area contributed by atoms with E-state index in [-0.39, 0.29) is 18.6 Å². The van der Waals surface area contributed by atoms with Crippen LogP contribution >= 0.6 is 15.9 Å². The SMILES string of the molecule is CCN(CCO)C(C)C(=O)Nc1ccc(C)cc1Br. The van der Waals surface area contributed by atoms with E-state index < -0.39 is 0 Å². The first-order valence-corrected chi connectivity index (χ1v) is 7.20. The van der Waals surface area contributed by atoms with Crippen molar-refractivity contribution in [2.45, 2.75) is 26.8 Å². The summed E-state index contributed by atoms with van der Waals surface area (Å²) in [6.45, 7) is 7.10. The molecule has 0 saturated carbocycles. The number of rotatable bonds is 6. The van der Waals surface area contributed by atoms with Gasteiger partial charge in [0.25, 0.3) is 0 Å². The Balaban J connectivity index is 2.72. The topological polar surface area (TPSA) is 52.6 Å². The lowest BCUT2D eigenvalue weighted by Crippen LogP contribution is -2.43. The molecular weight excluding hydrogens is 308 g/mol. The number of aliphatic hydroxyl groups is 1. The van der Waals surface area contributed by atoms with Crippen molar-refractivity contribution in [3.8, 4) is 0 Å². The highest BCUT2D eigenvalue weighted by Gasteiger charge is 2.20. The summed E-state index contributed by atoms with van der Waals surface area (Å²) in [5, 5.41) is 11.9. The van der Waals surface area contributed by atoms with E-state index in [0.717, 1.165) is 22.3 Å². The molecule has 2 N–H and O–H groups in total. The molecule has 19 heavy (non-hydrogen) atoms. The van der Waals surface area contributed by atoms with Gasteiger partial charge in [-0.15, -0.1) is 0 Å². The molecule has 0 aliphatic carbocycles. The molecule has 0 spiro atoms. The van der Waals surface area contributed by atoms with E-state index in [1.54, 1.807) is 0 Å². The smallest absolute Gasteiger partial charge is 0.241 e. The number of carbonyl (C=O) groups excluding carboxylic acids is 1. The van der Waals surface area contributed by atoms with Crippen molar-refractivity contribution in [1.82, 2.24) is 4.90 Å². The van der Waals surface area contributed by atoms with Crippen LogP contribution in [0.4, 0.5) is 5.69 Å². The normalized spacial score (nSPS) is 12.5. The molecule has 0 radical (unpaired) electrons. The predicted molar refractivity (Wildman–Crippen MR) is 81.3 cm³/mol. The second kappa shape index (κ2) is 7.62. The van der Waals surface area contributed by atoms with Gasteiger partial charge in [-0.1, -0.05) is 13.0 Å². The third-order valence-corrected chi connectivity index (χ3v) is 3.76. The van der Waals surface area contributed by atoms with Gasteiger partial charge in [-0.2, -0.15) is 0 Å². The molecule has 0 saturated heterocycles. The fraction of sp³-hybridized carbons (Fsp3) is 0.500. The molecule has 0 heterocycles. The van der Waals surface area contributed by atoms with Crippen molar-refractivity contribution in [3.63, 3.8) is 0 Å². The Morgan fingerprint density at radius 2 is 2.21 bits per heavy atom. The van der Waals surface area contributed by atoms with Gasteiger partial charge in [0.1, 0.15) is 0 Å². The minimum Gasteiger partial charge on any atom is -0.395 e. The summed E-state index contributed by atoms with van der Waals surface area (Å²) in [7, 11) is 0. The predicted octanol–water partition coefficient (Wildman–Crippen LogP) is 2.40. The van der Waals surface area contributed by atoms with Crippen LogP contribution in [-0.4, -0.2) is 41.7 Å². The van der Waals surface area contributed by atoms with E-state index in [1.807, 2.05) is 43.9 Å². The Morgan fingerprint density at radius 1 is 1.53 bits per heavy atom. The van der Waals surface area contributed by atoms with Gasteiger partial charge < -0.3 is 10.4 Å². The maximum atomic E-state index is 12.2. The van der Waals surface area contributed by atoms with Crippen molar-refractivity contribution in [1.29, 1.82) is 0 Å². The van der Waals surface area contributed by atoms with Crippen LogP contribution in [0.1, 0.15) is 19.4 Å². The lowest BCUT2D eigenvalue weighted by molar-refractivity contribution is -0.120. The van der Waals surface area contributed by atoms with E-state index in [9.17, 15) is 4.79 Å². The number of halogens is 1. The third-order valence-electron chi connectivity index (χ3n) is 3.10. The van der Waals surface area contributed by atoms with Crippen LogP contribution in [0.2, 0.25) is 0 Å². The number of anilines is 1. The maximum absolute atomic E-state index is 12.2. The molecule has 5 heteroatoms. The number of nitrogens with zero attached hydrogens (tertiary/aromatic N) is 1. The second-order valence-corrected chi connectivity index (χ2v) is 5.36. The van der Waals surface area contributed by atoms with Crippen molar-refractivity contribution < 1.29 is 9.90 Å². The highest BCUT2D eigenvalue weighted by molar-refractivity contribution is 9.10. The Hall–Kier alpha value is -0.910. The van der Waals surface area contributed by atoms with Crippen molar-refractivity contribution in [2.24, 2.45) is 0 Å². The van der Waals surface area contributed by atoms with Crippen molar-refractivity contribution in [3.05, 3.63) is 28.2 Å². The first-order valence-electron chi connectivity index (χ1n) is 6.41. The van der Waals surface area contributed by atoms with Crippen LogP contribution in [0.15, 0.2) is 22.7 Å². The Bertz CT molecular complexity index is 437. The number of hydrogen-bond donors (Lipinski definition) is 2. The van der Waals surface area contributed by atoms with Crippen LogP contribution < -0.4 is 5.32 Å². The summed E-state index contributed by atoms with van der Waals surface area (Å²) in [6, 6.07) is 5.53. The van der Waals surface area contributed by atoms with Gasteiger partial charge in [-0.3, -0.25) is 9.69 Å². The zero-order chi connectivity index (χ0) is 14.4. The van der Waals surface area contributed by atoms with Crippen LogP contribution in [0.25, 0.3) is 0 Å². The standard InChI is InChI=1S/C14H21BrN2O2/c1-4-17(7-8-18)11(3)14(19)16-13-6-5-10(2)9-12(13)15/h5-6,9,11,18H,4,7-8H2,1-3H3,(H,16,19). The molecule has 0 fully saturated rings. The fourth-order valence-electron chi connectivity index (χ4n) is 1.88. The second-order valence-electron chi connectivity index (χ2n) is 4.50. The summed E-state index contributed by atoms with van der Waals surface area (Å²) >= 11 is 3.44. The summed E-state index contributed by atoms with van der Waals surface area (Å²) in [4.78, 5) is 14.1. The highest BCUT2D eigenvalue weighted by atomic mass is 79.9. The average molecular weight is 329 g/mol. The number of aryl methyl sites for hydroxylation is 1. The number of aliphatic hydroxyl groups excluding tert-OH is 1. The number of nitrogens with one attached hydrogen (secondary N) is 1. The Kier molecular flexibility index (Phi) is 6.48.